The lowest BCUT2D eigenvalue weighted by molar-refractivity contribution is -0.142. The van der Waals surface area contributed by atoms with Gasteiger partial charge >= 0.3 is 5.97 Å². The van der Waals surface area contributed by atoms with Crippen LogP contribution in [0.2, 0.25) is 0 Å². The molecular weight excluding hydrogens is 322 g/mol. The number of carbonyl (C=O) groups is 2. The van der Waals surface area contributed by atoms with E-state index in [9.17, 15) is 14.4 Å². The number of aromatic nitrogens is 2. The molecule has 0 radical (unpaired) electrons. The van der Waals surface area contributed by atoms with E-state index in [2.05, 4.69) is 10.3 Å². The Kier molecular flexibility index (Phi) is 5.83. The van der Waals surface area contributed by atoms with Crippen LogP contribution < -0.4 is 10.9 Å². The van der Waals surface area contributed by atoms with Gasteiger partial charge in [0.2, 0.25) is 5.91 Å². The van der Waals surface area contributed by atoms with Crippen LogP contribution in [0.15, 0.2) is 22.6 Å². The molecule has 0 aliphatic carbocycles. The quantitative estimate of drug-likeness (QED) is 0.723. The Morgan fingerprint density at radius 3 is 3.00 bits per heavy atom. The van der Waals surface area contributed by atoms with E-state index in [4.69, 9.17) is 9.84 Å². The minimum atomic E-state index is -1.12. The van der Waals surface area contributed by atoms with Crippen LogP contribution in [-0.2, 0) is 20.9 Å². The largest absolute Gasteiger partial charge is 0.480 e. The highest BCUT2D eigenvalue weighted by molar-refractivity contribution is 7.16. The van der Waals surface area contributed by atoms with Crippen LogP contribution in [-0.4, -0.2) is 46.3 Å². The molecule has 124 valence electrons. The second-order valence-corrected chi connectivity index (χ2v) is 5.77. The van der Waals surface area contributed by atoms with Gasteiger partial charge in [0.1, 0.15) is 10.9 Å². The van der Waals surface area contributed by atoms with Crippen LogP contribution in [0.4, 0.5) is 0 Å². The van der Waals surface area contributed by atoms with Crippen molar-refractivity contribution in [3.63, 3.8) is 0 Å². The number of ether oxygens (including phenoxy) is 1. The normalized spacial score (nSPS) is 12.2. The molecule has 2 aromatic rings. The summed E-state index contributed by atoms with van der Waals surface area (Å²) in [6, 6.07) is 0.688. The zero-order chi connectivity index (χ0) is 16.8. The maximum Gasteiger partial charge on any atom is 0.326 e. The fourth-order valence-electron chi connectivity index (χ4n) is 2.03. The van der Waals surface area contributed by atoms with Gasteiger partial charge in [0.05, 0.1) is 11.7 Å². The minimum absolute atomic E-state index is 0.00596. The van der Waals surface area contributed by atoms with Gasteiger partial charge in [-0.05, 0) is 11.4 Å². The topological polar surface area (TPSA) is 111 Å². The van der Waals surface area contributed by atoms with E-state index in [0.29, 0.717) is 10.2 Å². The third-order valence-corrected chi connectivity index (χ3v) is 4.09. The molecule has 2 rings (SSSR count). The van der Waals surface area contributed by atoms with Crippen molar-refractivity contribution in [3.05, 3.63) is 28.1 Å². The van der Waals surface area contributed by atoms with E-state index in [1.165, 1.54) is 29.3 Å². The predicted octanol–water partition coefficient (Wildman–Crippen LogP) is 0.454. The summed E-state index contributed by atoms with van der Waals surface area (Å²) in [6.07, 6.45) is 1.57. The van der Waals surface area contributed by atoms with Gasteiger partial charge in [-0.25, -0.2) is 9.78 Å². The van der Waals surface area contributed by atoms with Gasteiger partial charge in [0.15, 0.2) is 0 Å². The van der Waals surface area contributed by atoms with Crippen molar-refractivity contribution in [3.8, 4) is 0 Å². The Labute approximate surface area is 135 Å². The second-order valence-electron chi connectivity index (χ2n) is 4.87. The third kappa shape index (κ3) is 4.36. The van der Waals surface area contributed by atoms with Gasteiger partial charge in [-0.15, -0.1) is 11.3 Å². The summed E-state index contributed by atoms with van der Waals surface area (Å²) < 4.78 is 6.16. The second kappa shape index (κ2) is 7.84. The Morgan fingerprint density at radius 1 is 1.52 bits per heavy atom. The molecule has 2 heterocycles. The number of rotatable bonds is 8. The highest BCUT2D eigenvalue weighted by atomic mass is 32.1. The number of fused-ring (bicyclic) bond motifs is 1. The maximum atomic E-state index is 12.2. The average Bonchev–Trinajstić information content (AvgIpc) is 3.00. The fourth-order valence-corrected chi connectivity index (χ4v) is 2.76. The van der Waals surface area contributed by atoms with Crippen LogP contribution in [0.3, 0.4) is 0 Å². The minimum Gasteiger partial charge on any atom is -0.480 e. The van der Waals surface area contributed by atoms with E-state index in [1.54, 1.807) is 11.4 Å². The lowest BCUT2D eigenvalue weighted by Gasteiger charge is -2.14. The number of hydrogen-bond acceptors (Lipinski definition) is 6. The summed E-state index contributed by atoms with van der Waals surface area (Å²) in [4.78, 5) is 39.9. The Balaban J connectivity index is 1.96. The zero-order valence-corrected chi connectivity index (χ0v) is 13.3. The summed E-state index contributed by atoms with van der Waals surface area (Å²) in [7, 11) is 1.46. The number of nitrogens with one attached hydrogen (secondary N) is 1. The van der Waals surface area contributed by atoms with E-state index < -0.39 is 17.9 Å². The number of amides is 1. The molecule has 8 nitrogen and oxygen atoms in total. The summed E-state index contributed by atoms with van der Waals surface area (Å²) in [5, 5.41) is 13.8. The van der Waals surface area contributed by atoms with Crippen molar-refractivity contribution < 1.29 is 19.4 Å². The van der Waals surface area contributed by atoms with Crippen molar-refractivity contribution in [2.45, 2.75) is 25.4 Å². The van der Waals surface area contributed by atoms with Crippen molar-refractivity contribution in [1.29, 1.82) is 0 Å². The first-order valence-corrected chi connectivity index (χ1v) is 7.84. The van der Waals surface area contributed by atoms with Crippen molar-refractivity contribution in [2.24, 2.45) is 0 Å². The molecule has 2 aromatic heterocycles. The van der Waals surface area contributed by atoms with Crippen LogP contribution in [0, 0.1) is 0 Å². The lowest BCUT2D eigenvalue weighted by atomic mass is 10.2. The maximum absolute atomic E-state index is 12.2. The van der Waals surface area contributed by atoms with E-state index in [-0.39, 0.29) is 31.6 Å². The van der Waals surface area contributed by atoms with Crippen LogP contribution in [0.1, 0.15) is 12.8 Å². The van der Waals surface area contributed by atoms with Gasteiger partial charge < -0.3 is 15.2 Å². The molecule has 1 unspecified atom stereocenters. The number of nitrogens with zero attached hydrogens (tertiary/aromatic N) is 2. The predicted molar refractivity (Wildman–Crippen MR) is 84.6 cm³/mol. The van der Waals surface area contributed by atoms with Gasteiger partial charge in [-0.1, -0.05) is 0 Å². The van der Waals surface area contributed by atoms with Gasteiger partial charge in [-0.2, -0.15) is 0 Å². The first kappa shape index (κ1) is 17.1. The molecule has 0 saturated carbocycles. The molecule has 0 aromatic carbocycles. The molecule has 1 amide bonds. The lowest BCUT2D eigenvalue weighted by Crippen LogP contribution is -2.42. The summed E-state index contributed by atoms with van der Waals surface area (Å²) in [5.74, 6) is -1.56. The van der Waals surface area contributed by atoms with Gasteiger partial charge in [-0.3, -0.25) is 14.2 Å². The van der Waals surface area contributed by atoms with E-state index in [1.807, 2.05) is 0 Å². The molecule has 0 bridgehead atoms. The standard InChI is InChI=1S/C14H17N3O5S/c1-22-6-3-10(14(20)21)16-11(18)2-5-17-8-15-12-9(13(17)19)4-7-23-12/h4,7-8,10H,2-3,5-6H2,1H3,(H,16,18)(H,20,21). The molecule has 0 aliphatic rings. The molecule has 9 heteroatoms. The Hall–Kier alpha value is -2.26. The summed E-state index contributed by atoms with van der Waals surface area (Å²) >= 11 is 1.37. The number of thiophene rings is 1. The summed E-state index contributed by atoms with van der Waals surface area (Å²) in [6.45, 7) is 0.371. The summed E-state index contributed by atoms with van der Waals surface area (Å²) in [5.41, 5.74) is -0.210. The average molecular weight is 339 g/mol. The SMILES string of the molecule is COCCC(NC(=O)CCn1cnc2sccc2c1=O)C(=O)O. The number of aryl methyl sites for hydroxylation is 1. The monoisotopic (exact) mass is 339 g/mol. The van der Waals surface area contributed by atoms with Gasteiger partial charge in [0, 0.05) is 33.1 Å². The number of hydrogen-bond donors (Lipinski definition) is 2. The van der Waals surface area contributed by atoms with E-state index >= 15 is 0 Å². The van der Waals surface area contributed by atoms with Crippen LogP contribution in [0.5, 0.6) is 0 Å². The zero-order valence-electron chi connectivity index (χ0n) is 12.5. The Bertz CT molecular complexity index is 754. The van der Waals surface area contributed by atoms with Crippen molar-refractivity contribution in [2.75, 3.05) is 13.7 Å². The highest BCUT2D eigenvalue weighted by Gasteiger charge is 2.19. The smallest absolute Gasteiger partial charge is 0.326 e. The first-order chi connectivity index (χ1) is 11.0. The molecule has 1 atom stereocenters. The molecule has 0 saturated heterocycles. The molecule has 0 aliphatic heterocycles. The molecular formula is C14H17N3O5S. The number of carbonyl (C=O) groups excluding carboxylic acids is 1. The van der Waals surface area contributed by atoms with E-state index in [0.717, 1.165) is 0 Å². The van der Waals surface area contributed by atoms with Crippen LogP contribution >= 0.6 is 11.3 Å². The van der Waals surface area contributed by atoms with Crippen molar-refractivity contribution >= 4 is 33.4 Å². The number of carboxylic acids is 1. The third-order valence-electron chi connectivity index (χ3n) is 3.27. The Morgan fingerprint density at radius 2 is 2.30 bits per heavy atom. The number of aliphatic carboxylic acids is 1. The van der Waals surface area contributed by atoms with Gasteiger partial charge in [0.25, 0.3) is 5.56 Å². The molecule has 0 spiro atoms. The highest BCUT2D eigenvalue weighted by Crippen LogP contribution is 2.13. The van der Waals surface area contributed by atoms with Crippen LogP contribution in [0.25, 0.3) is 10.2 Å². The van der Waals surface area contributed by atoms with Crippen molar-refractivity contribution in [1.82, 2.24) is 14.9 Å². The molecule has 23 heavy (non-hydrogen) atoms. The first-order valence-electron chi connectivity index (χ1n) is 6.96. The number of methoxy groups -OCH3 is 1. The molecule has 2 N–H and O–H groups in total. The molecule has 0 fully saturated rings. The fraction of sp³-hybridized carbons (Fsp3) is 0.429. The number of carboxylic acid groups (broad SMARTS) is 1.